The van der Waals surface area contributed by atoms with Crippen molar-refractivity contribution in [1.82, 2.24) is 25.5 Å². The highest BCUT2D eigenvalue weighted by atomic mass is 32.2. The molecular weight excluding hydrogens is 274 g/mol. The predicted molar refractivity (Wildman–Crippen MR) is 77.9 cm³/mol. The van der Waals surface area contributed by atoms with Gasteiger partial charge in [-0.2, -0.15) is 4.68 Å². The summed E-state index contributed by atoms with van der Waals surface area (Å²) in [6.45, 7) is 4.58. The third-order valence-electron chi connectivity index (χ3n) is 2.72. The molecule has 0 bridgehead atoms. The largest absolute Gasteiger partial charge is 0.356 e. The molecule has 1 amide bonds. The summed E-state index contributed by atoms with van der Waals surface area (Å²) >= 11 is 1.48. The lowest BCUT2D eigenvalue weighted by Crippen LogP contribution is -2.22. The fourth-order valence-corrected chi connectivity index (χ4v) is 2.56. The first-order valence-electron chi connectivity index (χ1n) is 6.46. The molecule has 1 aromatic heterocycles. The number of tetrazole rings is 1. The van der Waals surface area contributed by atoms with Crippen LogP contribution in [0.4, 0.5) is 0 Å². The minimum atomic E-state index is 0.0508. The maximum Gasteiger partial charge on any atom is 0.220 e. The predicted octanol–water partition coefficient (Wildman–Crippen LogP) is 1.59. The molecule has 0 spiro atoms. The molecule has 2 rings (SSSR count). The van der Waals surface area contributed by atoms with Crippen LogP contribution in [0.15, 0.2) is 29.4 Å². The standard InChI is InChI=1S/C13H17N5OS/c1-3-14-12(19)8-9-20-13-15-16-17-18(13)11-7-5-4-6-10(11)2/h4-7H,3,8-9H2,1-2H3,(H,14,19). The van der Waals surface area contributed by atoms with Crippen LogP contribution in [0.5, 0.6) is 0 Å². The summed E-state index contributed by atoms with van der Waals surface area (Å²) in [4.78, 5) is 11.4. The molecule has 0 atom stereocenters. The number of thioether (sulfide) groups is 1. The lowest BCUT2D eigenvalue weighted by atomic mass is 10.2. The van der Waals surface area contributed by atoms with E-state index in [9.17, 15) is 4.79 Å². The molecule has 0 unspecified atom stereocenters. The first kappa shape index (κ1) is 14.5. The number of carbonyl (C=O) groups is 1. The molecule has 6 nitrogen and oxygen atoms in total. The zero-order chi connectivity index (χ0) is 14.4. The molecule has 0 saturated heterocycles. The third kappa shape index (κ3) is 3.57. The molecule has 1 N–H and O–H groups in total. The van der Waals surface area contributed by atoms with Crippen molar-refractivity contribution in [3.63, 3.8) is 0 Å². The van der Waals surface area contributed by atoms with E-state index in [-0.39, 0.29) is 5.91 Å². The molecular formula is C13H17N5OS. The summed E-state index contributed by atoms with van der Waals surface area (Å²) in [5.41, 5.74) is 2.06. The van der Waals surface area contributed by atoms with Crippen LogP contribution in [0.2, 0.25) is 0 Å². The molecule has 0 radical (unpaired) electrons. The van der Waals surface area contributed by atoms with Crippen LogP contribution >= 0.6 is 11.8 Å². The number of benzene rings is 1. The molecule has 0 aliphatic carbocycles. The smallest absolute Gasteiger partial charge is 0.220 e. The van der Waals surface area contributed by atoms with Crippen LogP contribution in [0.1, 0.15) is 18.9 Å². The summed E-state index contributed by atoms with van der Waals surface area (Å²) in [7, 11) is 0. The average molecular weight is 291 g/mol. The van der Waals surface area contributed by atoms with Gasteiger partial charge in [-0.3, -0.25) is 4.79 Å². The maximum absolute atomic E-state index is 11.4. The summed E-state index contributed by atoms with van der Waals surface area (Å²) in [5.74, 6) is 0.702. The first-order chi connectivity index (χ1) is 9.72. The third-order valence-corrected chi connectivity index (χ3v) is 3.64. The zero-order valence-corrected chi connectivity index (χ0v) is 12.4. The van der Waals surface area contributed by atoms with Gasteiger partial charge >= 0.3 is 0 Å². The first-order valence-corrected chi connectivity index (χ1v) is 7.44. The van der Waals surface area contributed by atoms with Crippen molar-refractivity contribution in [2.24, 2.45) is 0 Å². The number of hydrogen-bond donors (Lipinski definition) is 1. The molecule has 0 saturated carbocycles. The van der Waals surface area contributed by atoms with Crippen LogP contribution in [0.3, 0.4) is 0 Å². The Bertz CT molecular complexity index is 584. The Morgan fingerprint density at radius 2 is 2.20 bits per heavy atom. The van der Waals surface area contributed by atoms with E-state index in [4.69, 9.17) is 0 Å². The van der Waals surface area contributed by atoms with E-state index in [1.165, 1.54) is 11.8 Å². The summed E-state index contributed by atoms with van der Waals surface area (Å²) in [6, 6.07) is 7.91. The molecule has 0 fully saturated rings. The van der Waals surface area contributed by atoms with E-state index in [1.807, 2.05) is 38.1 Å². The van der Waals surface area contributed by atoms with Gasteiger partial charge in [0.15, 0.2) is 0 Å². The molecule has 1 aromatic carbocycles. The van der Waals surface area contributed by atoms with Gasteiger partial charge in [0.2, 0.25) is 11.1 Å². The summed E-state index contributed by atoms with van der Waals surface area (Å²) in [5, 5.41) is 15.2. The number of nitrogens with zero attached hydrogens (tertiary/aromatic N) is 4. The van der Waals surface area contributed by atoms with Crippen molar-refractivity contribution in [2.75, 3.05) is 12.3 Å². The minimum Gasteiger partial charge on any atom is -0.356 e. The van der Waals surface area contributed by atoms with Crippen molar-refractivity contribution in [3.8, 4) is 5.69 Å². The highest BCUT2D eigenvalue weighted by Crippen LogP contribution is 2.20. The molecule has 2 aromatic rings. The van der Waals surface area contributed by atoms with Crippen LogP contribution in [0.25, 0.3) is 5.69 Å². The highest BCUT2D eigenvalue weighted by molar-refractivity contribution is 7.99. The fourth-order valence-electron chi connectivity index (χ4n) is 1.74. The topological polar surface area (TPSA) is 72.7 Å². The number of para-hydroxylation sites is 1. The normalized spacial score (nSPS) is 10.5. The number of carbonyl (C=O) groups excluding carboxylic acids is 1. The lowest BCUT2D eigenvalue weighted by Gasteiger charge is -2.06. The highest BCUT2D eigenvalue weighted by Gasteiger charge is 2.11. The van der Waals surface area contributed by atoms with Crippen molar-refractivity contribution in [1.29, 1.82) is 0 Å². The molecule has 0 aliphatic heterocycles. The van der Waals surface area contributed by atoms with Crippen LogP contribution < -0.4 is 5.32 Å². The molecule has 7 heteroatoms. The van der Waals surface area contributed by atoms with E-state index in [2.05, 4.69) is 20.8 Å². The van der Waals surface area contributed by atoms with E-state index < -0.39 is 0 Å². The molecule has 0 aliphatic rings. The van der Waals surface area contributed by atoms with Gasteiger partial charge in [-0.15, -0.1) is 5.10 Å². The Balaban J connectivity index is 2.03. The summed E-state index contributed by atoms with van der Waals surface area (Å²) < 4.78 is 1.71. The molecule has 20 heavy (non-hydrogen) atoms. The van der Waals surface area contributed by atoms with Gasteiger partial charge in [-0.1, -0.05) is 30.0 Å². The second-order valence-corrected chi connectivity index (χ2v) is 5.27. The van der Waals surface area contributed by atoms with Gasteiger partial charge in [0.1, 0.15) is 0 Å². The Morgan fingerprint density at radius 1 is 1.40 bits per heavy atom. The van der Waals surface area contributed by atoms with Gasteiger partial charge in [-0.25, -0.2) is 0 Å². The fraction of sp³-hybridized carbons (Fsp3) is 0.385. The quantitative estimate of drug-likeness (QED) is 0.818. The number of amides is 1. The van der Waals surface area contributed by atoms with Crippen molar-refractivity contribution in [2.45, 2.75) is 25.4 Å². The number of aromatic nitrogens is 4. The van der Waals surface area contributed by atoms with Crippen molar-refractivity contribution < 1.29 is 4.79 Å². The number of hydrogen-bond acceptors (Lipinski definition) is 5. The second kappa shape index (κ2) is 7.04. The van der Waals surface area contributed by atoms with Crippen LogP contribution in [-0.2, 0) is 4.79 Å². The van der Waals surface area contributed by atoms with Crippen LogP contribution in [0, 0.1) is 6.92 Å². The van der Waals surface area contributed by atoms with Gasteiger partial charge in [0, 0.05) is 18.7 Å². The van der Waals surface area contributed by atoms with Crippen molar-refractivity contribution >= 4 is 17.7 Å². The number of rotatable bonds is 6. The Hall–Kier alpha value is -1.89. The van der Waals surface area contributed by atoms with Gasteiger partial charge in [-0.05, 0) is 35.9 Å². The van der Waals surface area contributed by atoms with E-state index in [0.717, 1.165) is 11.3 Å². The summed E-state index contributed by atoms with van der Waals surface area (Å²) in [6.07, 6.45) is 0.457. The zero-order valence-electron chi connectivity index (χ0n) is 11.5. The number of nitrogens with one attached hydrogen (secondary N) is 1. The lowest BCUT2D eigenvalue weighted by molar-refractivity contribution is -0.120. The maximum atomic E-state index is 11.4. The van der Waals surface area contributed by atoms with Gasteiger partial charge in [0.05, 0.1) is 5.69 Å². The van der Waals surface area contributed by atoms with Crippen molar-refractivity contribution in [3.05, 3.63) is 29.8 Å². The molecule has 1 heterocycles. The Labute approximate surface area is 121 Å². The van der Waals surface area contributed by atoms with Crippen LogP contribution in [-0.4, -0.2) is 38.4 Å². The minimum absolute atomic E-state index is 0.0508. The molecule has 106 valence electrons. The monoisotopic (exact) mass is 291 g/mol. The second-order valence-electron chi connectivity index (χ2n) is 4.21. The van der Waals surface area contributed by atoms with E-state index >= 15 is 0 Å². The van der Waals surface area contributed by atoms with Gasteiger partial charge in [0.25, 0.3) is 0 Å². The average Bonchev–Trinajstić information content (AvgIpc) is 2.88. The van der Waals surface area contributed by atoms with Gasteiger partial charge < -0.3 is 5.32 Å². The van der Waals surface area contributed by atoms with E-state index in [1.54, 1.807) is 4.68 Å². The Morgan fingerprint density at radius 3 is 2.95 bits per heavy atom. The number of aryl methyl sites for hydroxylation is 1. The van der Waals surface area contributed by atoms with E-state index in [0.29, 0.717) is 23.9 Å². The Kier molecular flexibility index (Phi) is 5.11. The SMILES string of the molecule is CCNC(=O)CCSc1nnnn1-c1ccccc1C.